The average molecular weight is 447 g/mol. The van der Waals surface area contributed by atoms with Gasteiger partial charge in [-0.2, -0.15) is 0 Å². The van der Waals surface area contributed by atoms with Gasteiger partial charge in [0, 0.05) is 28.6 Å². The first-order valence-corrected chi connectivity index (χ1v) is 12.0. The van der Waals surface area contributed by atoms with Gasteiger partial charge < -0.3 is 0 Å². The number of hydrogen-bond acceptors (Lipinski definition) is 3. The molecular formula is C31H18N4. The maximum atomic E-state index is 5.02. The van der Waals surface area contributed by atoms with Gasteiger partial charge in [0.1, 0.15) is 16.8 Å². The lowest BCUT2D eigenvalue weighted by molar-refractivity contribution is 1.22. The van der Waals surface area contributed by atoms with Crippen LogP contribution in [0.25, 0.3) is 60.7 Å². The molecule has 0 amide bonds. The lowest BCUT2D eigenvalue weighted by atomic mass is 9.92. The van der Waals surface area contributed by atoms with Crippen LogP contribution in [0.1, 0.15) is 22.3 Å². The van der Waals surface area contributed by atoms with Gasteiger partial charge in [0.05, 0.1) is 11.7 Å². The molecule has 0 bridgehead atoms. The standard InChI is InChI=1S/C31H18N4/c1-2-5-20-17(4-1)14-18-7-8-19-15-24-21(28(19)27(18)20)9-10-23-29(24)22-6-3-12-33-30(22)35-26-11-13-32-16-25(26)34-31(23)35/h1-13,16H,14-15H2. The van der Waals surface area contributed by atoms with Crippen LogP contribution in [0.3, 0.4) is 0 Å². The second kappa shape index (κ2) is 6.10. The van der Waals surface area contributed by atoms with E-state index < -0.39 is 0 Å². The number of benzene rings is 3. The lowest BCUT2D eigenvalue weighted by Gasteiger charge is -2.13. The lowest BCUT2D eigenvalue weighted by Crippen LogP contribution is -1.96. The van der Waals surface area contributed by atoms with Crippen molar-refractivity contribution in [2.45, 2.75) is 12.8 Å². The van der Waals surface area contributed by atoms with Crippen LogP contribution in [-0.2, 0) is 12.8 Å². The number of nitrogens with zero attached hydrogens (tertiary/aromatic N) is 4. The van der Waals surface area contributed by atoms with E-state index in [1.807, 2.05) is 30.7 Å². The zero-order valence-electron chi connectivity index (χ0n) is 18.8. The summed E-state index contributed by atoms with van der Waals surface area (Å²) in [7, 11) is 0. The Hall–Kier alpha value is -4.57. The van der Waals surface area contributed by atoms with Crippen molar-refractivity contribution in [3.8, 4) is 22.3 Å². The van der Waals surface area contributed by atoms with Gasteiger partial charge in [0.2, 0.25) is 0 Å². The Balaban J connectivity index is 1.45. The number of hydrogen-bond donors (Lipinski definition) is 0. The summed E-state index contributed by atoms with van der Waals surface area (Å²) in [6, 6.07) is 24.4. The van der Waals surface area contributed by atoms with E-state index >= 15 is 0 Å². The summed E-state index contributed by atoms with van der Waals surface area (Å²) in [5, 5.41) is 3.62. The molecule has 4 heterocycles. The smallest absolute Gasteiger partial charge is 0.147 e. The highest BCUT2D eigenvalue weighted by Crippen LogP contribution is 2.51. The molecule has 35 heavy (non-hydrogen) atoms. The number of rotatable bonds is 0. The number of fused-ring (bicyclic) bond motifs is 16. The first-order valence-electron chi connectivity index (χ1n) is 12.0. The molecule has 2 aliphatic rings. The molecule has 0 N–H and O–H groups in total. The molecule has 0 atom stereocenters. The Morgan fingerprint density at radius 3 is 2.49 bits per heavy atom. The van der Waals surface area contributed by atoms with Crippen molar-refractivity contribution in [3.63, 3.8) is 0 Å². The van der Waals surface area contributed by atoms with E-state index in [-0.39, 0.29) is 0 Å². The van der Waals surface area contributed by atoms with Crippen LogP contribution in [0, 0.1) is 0 Å². The quantitative estimate of drug-likeness (QED) is 0.243. The molecule has 0 radical (unpaired) electrons. The highest BCUT2D eigenvalue weighted by atomic mass is 15.1. The van der Waals surface area contributed by atoms with E-state index in [0.29, 0.717) is 0 Å². The van der Waals surface area contributed by atoms with Crippen molar-refractivity contribution < 1.29 is 0 Å². The fourth-order valence-electron chi connectivity index (χ4n) is 6.57. The Morgan fingerprint density at radius 2 is 1.51 bits per heavy atom. The number of imidazole rings is 1. The first kappa shape index (κ1) is 17.8. The van der Waals surface area contributed by atoms with Crippen LogP contribution in [0.4, 0.5) is 0 Å². The Kier molecular flexibility index (Phi) is 3.11. The molecule has 4 heteroatoms. The summed E-state index contributed by atoms with van der Waals surface area (Å²) in [6.45, 7) is 0. The van der Waals surface area contributed by atoms with Gasteiger partial charge in [0.15, 0.2) is 0 Å². The zero-order valence-corrected chi connectivity index (χ0v) is 18.8. The molecule has 162 valence electrons. The van der Waals surface area contributed by atoms with E-state index in [1.165, 1.54) is 60.7 Å². The maximum absolute atomic E-state index is 5.02. The van der Waals surface area contributed by atoms with E-state index in [1.54, 1.807) is 0 Å². The van der Waals surface area contributed by atoms with Gasteiger partial charge in [-0.15, -0.1) is 0 Å². The van der Waals surface area contributed by atoms with Crippen LogP contribution in [0.5, 0.6) is 0 Å². The molecule has 4 nitrogen and oxygen atoms in total. The molecule has 2 aliphatic carbocycles. The predicted molar refractivity (Wildman–Crippen MR) is 140 cm³/mol. The minimum atomic E-state index is 0.894. The first-order chi connectivity index (χ1) is 17.4. The average Bonchev–Trinajstić information content (AvgIpc) is 3.59. The van der Waals surface area contributed by atoms with Crippen LogP contribution >= 0.6 is 0 Å². The van der Waals surface area contributed by atoms with E-state index in [9.17, 15) is 0 Å². The third-order valence-electron chi connectivity index (χ3n) is 7.96. The predicted octanol–water partition coefficient (Wildman–Crippen LogP) is 6.73. The Labute approximate surface area is 200 Å². The van der Waals surface area contributed by atoms with Crippen molar-refractivity contribution in [2.24, 2.45) is 0 Å². The zero-order chi connectivity index (χ0) is 22.7. The minimum absolute atomic E-state index is 0.894. The summed E-state index contributed by atoms with van der Waals surface area (Å²) in [6.07, 6.45) is 7.49. The van der Waals surface area contributed by atoms with Crippen molar-refractivity contribution in [1.29, 1.82) is 0 Å². The summed E-state index contributed by atoms with van der Waals surface area (Å²) in [5.74, 6) is 0. The van der Waals surface area contributed by atoms with Gasteiger partial charge in [-0.25, -0.2) is 9.97 Å². The molecule has 0 spiro atoms. The molecule has 0 saturated heterocycles. The molecule has 3 aromatic carbocycles. The van der Waals surface area contributed by atoms with Crippen LogP contribution in [0.15, 0.2) is 85.3 Å². The maximum Gasteiger partial charge on any atom is 0.147 e. The molecule has 0 unspecified atom stereocenters. The van der Waals surface area contributed by atoms with E-state index in [4.69, 9.17) is 9.97 Å². The molecule has 9 rings (SSSR count). The van der Waals surface area contributed by atoms with Crippen molar-refractivity contribution in [1.82, 2.24) is 19.4 Å². The second-order valence-corrected chi connectivity index (χ2v) is 9.67. The summed E-state index contributed by atoms with van der Waals surface area (Å²) >= 11 is 0. The normalized spacial score (nSPS) is 13.5. The number of pyridine rings is 3. The van der Waals surface area contributed by atoms with Gasteiger partial charge >= 0.3 is 0 Å². The molecular weight excluding hydrogens is 428 g/mol. The monoisotopic (exact) mass is 446 g/mol. The molecule has 4 aromatic heterocycles. The number of aromatic nitrogens is 4. The van der Waals surface area contributed by atoms with Crippen LogP contribution < -0.4 is 0 Å². The summed E-state index contributed by atoms with van der Waals surface area (Å²) < 4.78 is 2.19. The third-order valence-corrected chi connectivity index (χ3v) is 7.96. The highest BCUT2D eigenvalue weighted by molar-refractivity contribution is 6.17. The van der Waals surface area contributed by atoms with Crippen molar-refractivity contribution in [3.05, 3.63) is 108 Å². The summed E-state index contributed by atoms with van der Waals surface area (Å²) in [5.41, 5.74) is 15.1. The van der Waals surface area contributed by atoms with Gasteiger partial charge in [-0.3, -0.25) is 9.38 Å². The second-order valence-electron chi connectivity index (χ2n) is 9.67. The van der Waals surface area contributed by atoms with Gasteiger partial charge in [-0.05, 0) is 81.6 Å². The third kappa shape index (κ3) is 2.11. The van der Waals surface area contributed by atoms with E-state index in [2.05, 4.69) is 64.0 Å². The topological polar surface area (TPSA) is 43.1 Å². The van der Waals surface area contributed by atoms with Crippen molar-refractivity contribution in [2.75, 3.05) is 0 Å². The molecule has 0 aliphatic heterocycles. The Bertz CT molecular complexity index is 2070. The van der Waals surface area contributed by atoms with Crippen LogP contribution in [-0.4, -0.2) is 19.4 Å². The summed E-state index contributed by atoms with van der Waals surface area (Å²) in [4.78, 5) is 14.2. The largest absolute Gasteiger partial charge is 0.276 e. The SMILES string of the molecule is c1ccc2c(c1)Cc1ccc3c(c1-2)-c1ccc2c(c1C3)c1cccnc1n1c3ccncc3nc21. The highest BCUT2D eigenvalue weighted by Gasteiger charge is 2.30. The van der Waals surface area contributed by atoms with Gasteiger partial charge in [-0.1, -0.05) is 42.5 Å². The van der Waals surface area contributed by atoms with Gasteiger partial charge in [0.25, 0.3) is 0 Å². The molecule has 0 saturated carbocycles. The fraction of sp³-hybridized carbons (Fsp3) is 0.0645. The minimum Gasteiger partial charge on any atom is -0.276 e. The van der Waals surface area contributed by atoms with Crippen molar-refractivity contribution >= 4 is 38.5 Å². The van der Waals surface area contributed by atoms with Crippen LogP contribution in [0.2, 0.25) is 0 Å². The Morgan fingerprint density at radius 1 is 0.657 bits per heavy atom. The fourth-order valence-corrected chi connectivity index (χ4v) is 6.57. The molecule has 7 aromatic rings. The van der Waals surface area contributed by atoms with E-state index in [0.717, 1.165) is 35.2 Å². The molecule has 0 fully saturated rings.